The first-order valence-electron chi connectivity index (χ1n) is 5.97. The maximum atomic E-state index is 11.8. The number of amides is 1. The molecule has 0 heterocycles. The number of aliphatic hydroxyl groups excluding tert-OH is 2. The number of hydrogen-bond donors (Lipinski definition) is 3. The van der Waals surface area contributed by atoms with Gasteiger partial charge < -0.3 is 15.5 Å². The summed E-state index contributed by atoms with van der Waals surface area (Å²) in [5.74, 6) is -0.0549. The summed E-state index contributed by atoms with van der Waals surface area (Å²) >= 11 is 7.31. The number of carbonyl (C=O) groups excluding carboxylic acids is 1. The minimum absolute atomic E-state index is 0.186. The van der Waals surface area contributed by atoms with Crippen LogP contribution in [0.4, 0.5) is 0 Å². The molecule has 4 nitrogen and oxygen atoms in total. The Morgan fingerprint density at radius 2 is 2.00 bits per heavy atom. The third-order valence-electron chi connectivity index (χ3n) is 2.88. The van der Waals surface area contributed by atoms with Crippen molar-refractivity contribution in [2.24, 2.45) is 0 Å². The number of halogens is 1. The zero-order valence-corrected chi connectivity index (χ0v) is 12.3. The van der Waals surface area contributed by atoms with Crippen LogP contribution in [0.5, 0.6) is 0 Å². The minimum Gasteiger partial charge on any atom is -0.394 e. The van der Waals surface area contributed by atoms with Crippen molar-refractivity contribution < 1.29 is 15.0 Å². The fourth-order valence-corrected chi connectivity index (χ4v) is 2.52. The highest BCUT2D eigenvalue weighted by molar-refractivity contribution is 8.00. The number of nitrogens with one attached hydrogen (secondary N) is 1. The van der Waals surface area contributed by atoms with Crippen LogP contribution in [0.3, 0.4) is 0 Å². The van der Waals surface area contributed by atoms with E-state index in [4.69, 9.17) is 11.6 Å². The molecule has 0 unspecified atom stereocenters. The second kappa shape index (κ2) is 7.75. The average Bonchev–Trinajstić information content (AvgIpc) is 2.44. The lowest BCUT2D eigenvalue weighted by Gasteiger charge is -2.29. The van der Waals surface area contributed by atoms with Gasteiger partial charge in [0.2, 0.25) is 5.91 Å². The summed E-state index contributed by atoms with van der Waals surface area (Å²) in [6, 6.07) is 7.28. The van der Waals surface area contributed by atoms with Crippen LogP contribution < -0.4 is 5.32 Å². The highest BCUT2D eigenvalue weighted by Gasteiger charge is 2.28. The number of aliphatic hydroxyl groups is 2. The molecule has 1 aromatic rings. The van der Waals surface area contributed by atoms with Gasteiger partial charge in [-0.1, -0.05) is 30.7 Å². The van der Waals surface area contributed by atoms with Crippen LogP contribution in [0.25, 0.3) is 0 Å². The summed E-state index contributed by atoms with van der Waals surface area (Å²) in [5, 5.41) is 21.8. The molecule has 0 saturated heterocycles. The lowest BCUT2D eigenvalue weighted by molar-refractivity contribution is -0.121. The molecule has 106 valence electrons. The molecular formula is C13H18ClNO3S. The second-order valence-corrected chi connectivity index (χ2v) is 5.64. The van der Waals surface area contributed by atoms with Gasteiger partial charge in [-0.15, -0.1) is 11.8 Å². The van der Waals surface area contributed by atoms with Crippen molar-refractivity contribution in [3.63, 3.8) is 0 Å². The molecule has 0 atom stereocenters. The normalized spacial score (nSPS) is 11.4. The Bertz CT molecular complexity index is 416. The van der Waals surface area contributed by atoms with E-state index < -0.39 is 5.54 Å². The molecule has 1 aromatic carbocycles. The Morgan fingerprint density at radius 3 is 2.53 bits per heavy atom. The van der Waals surface area contributed by atoms with Gasteiger partial charge in [0.15, 0.2) is 0 Å². The van der Waals surface area contributed by atoms with Gasteiger partial charge in [0.25, 0.3) is 0 Å². The summed E-state index contributed by atoms with van der Waals surface area (Å²) in [6.07, 6.45) is 0.461. The monoisotopic (exact) mass is 303 g/mol. The zero-order chi connectivity index (χ0) is 14.3. The van der Waals surface area contributed by atoms with E-state index in [1.54, 1.807) is 13.0 Å². The third kappa shape index (κ3) is 4.69. The van der Waals surface area contributed by atoms with E-state index in [1.165, 1.54) is 11.8 Å². The molecule has 6 heteroatoms. The molecule has 0 fully saturated rings. The van der Waals surface area contributed by atoms with Crippen LogP contribution in [0, 0.1) is 0 Å². The van der Waals surface area contributed by atoms with E-state index in [1.807, 2.05) is 18.2 Å². The Balaban J connectivity index is 2.54. The Hall–Kier alpha value is -0.750. The molecule has 1 rings (SSSR count). The summed E-state index contributed by atoms with van der Waals surface area (Å²) < 4.78 is 0. The van der Waals surface area contributed by atoms with Crippen molar-refractivity contribution >= 4 is 29.3 Å². The van der Waals surface area contributed by atoms with Crippen LogP contribution in [0.15, 0.2) is 29.2 Å². The van der Waals surface area contributed by atoms with E-state index in [2.05, 4.69) is 5.32 Å². The predicted molar refractivity (Wildman–Crippen MR) is 77.5 cm³/mol. The molecule has 0 radical (unpaired) electrons. The summed E-state index contributed by atoms with van der Waals surface area (Å²) in [7, 11) is 0. The third-order valence-corrected chi connectivity index (χ3v) is 4.40. The Morgan fingerprint density at radius 1 is 1.37 bits per heavy atom. The number of hydrogen-bond acceptors (Lipinski definition) is 4. The Kier molecular flexibility index (Phi) is 6.65. The lowest BCUT2D eigenvalue weighted by Crippen LogP contribution is -2.54. The number of rotatable bonds is 7. The number of benzene rings is 1. The molecule has 1 amide bonds. The van der Waals surface area contributed by atoms with Crippen molar-refractivity contribution in [2.75, 3.05) is 19.0 Å². The smallest absolute Gasteiger partial charge is 0.230 e. The van der Waals surface area contributed by atoms with Crippen molar-refractivity contribution in [3.8, 4) is 0 Å². The standard InChI is InChI=1S/C13H18ClNO3S/c1-2-13(8-16,9-17)15-12(18)7-19-11-6-4-3-5-10(11)14/h3-6,16-17H,2,7-9H2,1H3,(H,15,18). The van der Waals surface area contributed by atoms with Crippen molar-refractivity contribution in [2.45, 2.75) is 23.8 Å². The van der Waals surface area contributed by atoms with Crippen molar-refractivity contribution in [1.29, 1.82) is 0 Å². The second-order valence-electron chi connectivity index (χ2n) is 4.22. The topological polar surface area (TPSA) is 69.6 Å². The molecule has 0 saturated carbocycles. The molecule has 0 spiro atoms. The van der Waals surface area contributed by atoms with E-state index >= 15 is 0 Å². The van der Waals surface area contributed by atoms with Crippen molar-refractivity contribution in [3.05, 3.63) is 29.3 Å². The first-order valence-corrected chi connectivity index (χ1v) is 7.33. The highest BCUT2D eigenvalue weighted by atomic mass is 35.5. The number of carbonyl (C=O) groups is 1. The maximum absolute atomic E-state index is 11.8. The molecule has 0 aromatic heterocycles. The maximum Gasteiger partial charge on any atom is 0.230 e. The fraction of sp³-hybridized carbons (Fsp3) is 0.462. The highest BCUT2D eigenvalue weighted by Crippen LogP contribution is 2.26. The first kappa shape index (κ1) is 16.3. The summed E-state index contributed by atoms with van der Waals surface area (Å²) in [5.41, 5.74) is -0.946. The van der Waals surface area contributed by atoms with Gasteiger partial charge in [-0.25, -0.2) is 0 Å². The minimum atomic E-state index is -0.946. The molecule has 3 N–H and O–H groups in total. The molecular weight excluding hydrogens is 286 g/mol. The molecule has 0 aliphatic heterocycles. The van der Waals surface area contributed by atoms with Gasteiger partial charge in [0.1, 0.15) is 0 Å². The van der Waals surface area contributed by atoms with Gasteiger partial charge >= 0.3 is 0 Å². The molecule has 0 aliphatic rings. The van der Waals surface area contributed by atoms with Crippen LogP contribution in [0.1, 0.15) is 13.3 Å². The van der Waals surface area contributed by atoms with Gasteiger partial charge in [-0.3, -0.25) is 4.79 Å². The quantitative estimate of drug-likeness (QED) is 0.670. The van der Waals surface area contributed by atoms with Gasteiger partial charge in [-0.2, -0.15) is 0 Å². The summed E-state index contributed by atoms with van der Waals surface area (Å²) in [6.45, 7) is 1.22. The first-order chi connectivity index (χ1) is 9.06. The number of thioether (sulfide) groups is 1. The lowest BCUT2D eigenvalue weighted by atomic mass is 9.99. The van der Waals surface area contributed by atoms with Crippen LogP contribution >= 0.6 is 23.4 Å². The van der Waals surface area contributed by atoms with E-state index in [-0.39, 0.29) is 24.9 Å². The van der Waals surface area contributed by atoms with Gasteiger partial charge in [0, 0.05) is 4.90 Å². The fourth-order valence-electron chi connectivity index (χ4n) is 1.48. The van der Waals surface area contributed by atoms with Crippen molar-refractivity contribution in [1.82, 2.24) is 5.32 Å². The van der Waals surface area contributed by atoms with E-state index in [0.717, 1.165) is 4.90 Å². The van der Waals surface area contributed by atoms with E-state index in [9.17, 15) is 15.0 Å². The van der Waals surface area contributed by atoms with Crippen LogP contribution in [-0.2, 0) is 4.79 Å². The van der Waals surface area contributed by atoms with E-state index in [0.29, 0.717) is 11.4 Å². The summed E-state index contributed by atoms with van der Waals surface area (Å²) in [4.78, 5) is 12.7. The average molecular weight is 304 g/mol. The Labute approximate surface area is 122 Å². The molecule has 0 bridgehead atoms. The molecule has 0 aliphatic carbocycles. The zero-order valence-electron chi connectivity index (χ0n) is 10.7. The SMILES string of the molecule is CCC(CO)(CO)NC(=O)CSc1ccccc1Cl. The predicted octanol–water partition coefficient (Wildman–Crippen LogP) is 1.68. The van der Waals surface area contributed by atoms with Gasteiger partial charge in [0.05, 0.1) is 29.5 Å². The largest absolute Gasteiger partial charge is 0.394 e. The van der Waals surface area contributed by atoms with Crippen LogP contribution in [0.2, 0.25) is 5.02 Å². The molecule has 19 heavy (non-hydrogen) atoms. The van der Waals surface area contributed by atoms with Crippen LogP contribution in [-0.4, -0.2) is 40.6 Å². The van der Waals surface area contributed by atoms with Gasteiger partial charge in [-0.05, 0) is 18.6 Å².